The van der Waals surface area contributed by atoms with Crippen LogP contribution >= 0.6 is 0 Å². The lowest BCUT2D eigenvalue weighted by atomic mass is 9.99. The van der Waals surface area contributed by atoms with Crippen LogP contribution in [0, 0.1) is 0 Å². The minimum Gasteiger partial charge on any atom is -0.444 e. The van der Waals surface area contributed by atoms with Gasteiger partial charge in [0.2, 0.25) is 0 Å². The number of carbonyl (C=O) groups is 3. The summed E-state index contributed by atoms with van der Waals surface area (Å²) in [6.07, 6.45) is 0.155. The fraction of sp³-hybridized carbons (Fsp3) is 0.750. The molecule has 1 saturated heterocycles. The zero-order valence-electron chi connectivity index (χ0n) is 10.8. The van der Waals surface area contributed by atoms with Crippen LogP contribution in [-0.4, -0.2) is 40.7 Å². The molecule has 96 valence electrons. The first-order valence-electron chi connectivity index (χ1n) is 5.72. The third kappa shape index (κ3) is 3.84. The molecule has 1 fully saturated rings. The maximum Gasteiger partial charge on any atom is 0.411 e. The van der Waals surface area contributed by atoms with Gasteiger partial charge in [0.1, 0.15) is 5.60 Å². The summed E-state index contributed by atoms with van der Waals surface area (Å²) in [6.45, 7) is 6.65. The number of Topliss-reactive ketones (excluding diaryl/α,β-unsaturated/α-hetero) is 2. The fourth-order valence-electron chi connectivity index (χ4n) is 1.77. The second kappa shape index (κ2) is 4.85. The molecule has 0 aromatic carbocycles. The molecule has 1 aliphatic heterocycles. The number of rotatable bonds is 1. The molecule has 5 nitrogen and oxygen atoms in total. The highest BCUT2D eigenvalue weighted by Crippen LogP contribution is 2.19. The fourth-order valence-corrected chi connectivity index (χ4v) is 1.77. The molecule has 0 aromatic rings. The van der Waals surface area contributed by atoms with E-state index in [0.717, 1.165) is 0 Å². The van der Waals surface area contributed by atoms with Crippen LogP contribution in [0.3, 0.4) is 0 Å². The normalized spacial score (nSPS) is 21.3. The van der Waals surface area contributed by atoms with E-state index in [1.54, 1.807) is 20.8 Å². The van der Waals surface area contributed by atoms with Crippen LogP contribution in [0.2, 0.25) is 0 Å². The van der Waals surface area contributed by atoms with Crippen molar-refractivity contribution in [2.75, 3.05) is 6.54 Å². The molecule has 0 aromatic heterocycles. The van der Waals surface area contributed by atoms with Crippen LogP contribution in [0.1, 0.15) is 40.5 Å². The van der Waals surface area contributed by atoms with E-state index in [1.165, 1.54) is 11.8 Å². The molecule has 1 aliphatic rings. The van der Waals surface area contributed by atoms with E-state index in [-0.39, 0.29) is 18.1 Å². The van der Waals surface area contributed by atoms with E-state index in [4.69, 9.17) is 4.74 Å². The van der Waals surface area contributed by atoms with E-state index in [1.807, 2.05) is 0 Å². The third-order valence-corrected chi connectivity index (χ3v) is 2.52. The molecule has 1 atom stereocenters. The van der Waals surface area contributed by atoms with Crippen molar-refractivity contribution in [1.82, 2.24) is 4.90 Å². The molecule has 0 spiro atoms. The van der Waals surface area contributed by atoms with Crippen molar-refractivity contribution in [3.8, 4) is 0 Å². The summed E-state index contributed by atoms with van der Waals surface area (Å²) in [4.78, 5) is 35.9. The summed E-state index contributed by atoms with van der Waals surface area (Å²) in [5.74, 6) is -0.142. The quantitative estimate of drug-likeness (QED) is 0.698. The van der Waals surface area contributed by atoms with Crippen LogP contribution < -0.4 is 0 Å². The second-order valence-electron chi connectivity index (χ2n) is 5.31. The predicted molar refractivity (Wildman–Crippen MR) is 61.7 cm³/mol. The van der Waals surface area contributed by atoms with Crippen molar-refractivity contribution in [1.29, 1.82) is 0 Å². The van der Waals surface area contributed by atoms with Gasteiger partial charge in [-0.2, -0.15) is 0 Å². The Morgan fingerprint density at radius 2 is 1.94 bits per heavy atom. The first-order chi connectivity index (χ1) is 7.70. The molecule has 0 N–H and O–H groups in total. The summed E-state index contributed by atoms with van der Waals surface area (Å²) < 4.78 is 5.19. The predicted octanol–water partition coefficient (Wildman–Crippen LogP) is 1.54. The zero-order chi connectivity index (χ0) is 13.2. The Balaban J connectivity index is 2.79. The molecule has 5 heteroatoms. The Bertz CT molecular complexity index is 343. The van der Waals surface area contributed by atoms with Gasteiger partial charge < -0.3 is 4.74 Å². The van der Waals surface area contributed by atoms with Crippen molar-refractivity contribution in [2.24, 2.45) is 0 Å². The summed E-state index contributed by atoms with van der Waals surface area (Å²) in [7, 11) is 0. The molecule has 17 heavy (non-hydrogen) atoms. The Hall–Kier alpha value is -1.39. The van der Waals surface area contributed by atoms with Crippen LogP contribution in [0.4, 0.5) is 4.79 Å². The number of ether oxygens (including phenoxy) is 1. The van der Waals surface area contributed by atoms with Crippen molar-refractivity contribution in [2.45, 2.75) is 52.2 Å². The first kappa shape index (κ1) is 13.7. The maximum atomic E-state index is 11.9. The first-order valence-corrected chi connectivity index (χ1v) is 5.72. The molecular formula is C12H19NO4. The molecule has 0 unspecified atom stereocenters. The highest BCUT2D eigenvalue weighted by molar-refractivity contribution is 5.92. The summed E-state index contributed by atoms with van der Waals surface area (Å²) in [5, 5.41) is 0. The second-order valence-corrected chi connectivity index (χ2v) is 5.31. The van der Waals surface area contributed by atoms with Gasteiger partial charge >= 0.3 is 6.09 Å². The minimum absolute atomic E-state index is 0.0286. The van der Waals surface area contributed by atoms with Gasteiger partial charge in [0, 0.05) is 6.42 Å². The number of carbonyl (C=O) groups excluding carboxylic acids is 3. The number of nitrogens with zero attached hydrogens (tertiary/aromatic N) is 1. The van der Waals surface area contributed by atoms with E-state index < -0.39 is 17.7 Å². The van der Waals surface area contributed by atoms with Crippen LogP contribution in [0.25, 0.3) is 0 Å². The monoisotopic (exact) mass is 241 g/mol. The molecule has 1 rings (SSSR count). The minimum atomic E-state index is -0.626. The SMILES string of the molecule is CC(=O)[C@@H]1CCC(=O)CN1C(=O)OC(C)(C)C. The van der Waals surface area contributed by atoms with Gasteiger partial charge in [-0.05, 0) is 34.1 Å². The van der Waals surface area contributed by atoms with Crippen molar-refractivity contribution >= 4 is 17.7 Å². The van der Waals surface area contributed by atoms with Gasteiger partial charge in [-0.25, -0.2) is 4.79 Å². The van der Waals surface area contributed by atoms with Crippen molar-refractivity contribution in [3.05, 3.63) is 0 Å². The Kier molecular flexibility index (Phi) is 3.91. The van der Waals surface area contributed by atoms with E-state index in [2.05, 4.69) is 0 Å². The standard InChI is InChI=1S/C12H19NO4/c1-8(14)10-6-5-9(15)7-13(10)11(16)17-12(2,3)4/h10H,5-7H2,1-4H3/t10-/m0/s1. The van der Waals surface area contributed by atoms with E-state index >= 15 is 0 Å². The van der Waals surface area contributed by atoms with Gasteiger partial charge in [-0.3, -0.25) is 14.5 Å². The topological polar surface area (TPSA) is 63.7 Å². The molecule has 1 amide bonds. The molecule has 1 heterocycles. The summed E-state index contributed by atoms with van der Waals surface area (Å²) in [5.41, 5.74) is -0.626. The summed E-state index contributed by atoms with van der Waals surface area (Å²) >= 11 is 0. The number of ketones is 2. The van der Waals surface area contributed by atoms with Gasteiger partial charge in [0.25, 0.3) is 0 Å². The number of hydrogen-bond acceptors (Lipinski definition) is 4. The van der Waals surface area contributed by atoms with E-state index in [9.17, 15) is 14.4 Å². The lowest BCUT2D eigenvalue weighted by Gasteiger charge is -2.34. The molecular weight excluding hydrogens is 222 g/mol. The zero-order valence-corrected chi connectivity index (χ0v) is 10.8. The largest absolute Gasteiger partial charge is 0.444 e. The number of amides is 1. The van der Waals surface area contributed by atoms with Gasteiger partial charge in [0.15, 0.2) is 11.6 Å². The van der Waals surface area contributed by atoms with Gasteiger partial charge in [-0.15, -0.1) is 0 Å². The molecule has 0 bridgehead atoms. The summed E-state index contributed by atoms with van der Waals surface area (Å²) in [6, 6.07) is -0.525. The average Bonchev–Trinajstić information content (AvgIpc) is 2.14. The smallest absolute Gasteiger partial charge is 0.411 e. The number of likely N-dealkylation sites (tertiary alicyclic amines) is 1. The van der Waals surface area contributed by atoms with Crippen LogP contribution in [0.5, 0.6) is 0 Å². The van der Waals surface area contributed by atoms with Crippen molar-refractivity contribution in [3.63, 3.8) is 0 Å². The van der Waals surface area contributed by atoms with Gasteiger partial charge in [0.05, 0.1) is 12.6 Å². The average molecular weight is 241 g/mol. The number of piperidine rings is 1. The maximum absolute atomic E-state index is 11.9. The van der Waals surface area contributed by atoms with Crippen LogP contribution in [-0.2, 0) is 14.3 Å². The highest BCUT2D eigenvalue weighted by atomic mass is 16.6. The number of hydrogen-bond donors (Lipinski definition) is 0. The lowest BCUT2D eigenvalue weighted by Crippen LogP contribution is -2.51. The molecule has 0 saturated carbocycles. The highest BCUT2D eigenvalue weighted by Gasteiger charge is 2.35. The molecule has 0 radical (unpaired) electrons. The van der Waals surface area contributed by atoms with Crippen molar-refractivity contribution < 1.29 is 19.1 Å². The Morgan fingerprint density at radius 3 is 2.41 bits per heavy atom. The van der Waals surface area contributed by atoms with Gasteiger partial charge in [-0.1, -0.05) is 0 Å². The molecule has 0 aliphatic carbocycles. The van der Waals surface area contributed by atoms with E-state index in [0.29, 0.717) is 12.8 Å². The lowest BCUT2D eigenvalue weighted by molar-refractivity contribution is -0.129. The Labute approximate surface area is 101 Å². The Morgan fingerprint density at radius 1 is 1.35 bits per heavy atom. The van der Waals surface area contributed by atoms with Crippen LogP contribution in [0.15, 0.2) is 0 Å². The third-order valence-electron chi connectivity index (χ3n) is 2.52.